The number of primary amides is 1. The van der Waals surface area contributed by atoms with E-state index in [9.17, 15) is 18.0 Å². The van der Waals surface area contributed by atoms with Crippen molar-refractivity contribution < 1.29 is 18.0 Å². The highest BCUT2D eigenvalue weighted by atomic mass is 35.5. The number of carbonyl (C=O) groups excluding carboxylic acids is 1. The van der Waals surface area contributed by atoms with Crippen molar-refractivity contribution >= 4 is 23.2 Å². The molecule has 1 unspecified atom stereocenters. The van der Waals surface area contributed by atoms with Crippen LogP contribution < -0.4 is 5.73 Å². The molecule has 5 nitrogen and oxygen atoms in total. The van der Waals surface area contributed by atoms with E-state index in [0.29, 0.717) is 11.2 Å². The van der Waals surface area contributed by atoms with E-state index in [1.165, 1.54) is 12.4 Å². The van der Waals surface area contributed by atoms with Crippen LogP contribution in [0.25, 0.3) is 16.8 Å². The third kappa shape index (κ3) is 3.73. The smallest absolute Gasteiger partial charge is 0.369 e. The van der Waals surface area contributed by atoms with E-state index >= 15 is 0 Å². The lowest BCUT2D eigenvalue weighted by atomic mass is 9.88. The lowest BCUT2D eigenvalue weighted by Crippen LogP contribution is -2.23. The average molecular weight is 431 g/mol. The lowest BCUT2D eigenvalue weighted by Gasteiger charge is -2.18. The quantitative estimate of drug-likeness (QED) is 0.510. The summed E-state index contributed by atoms with van der Waals surface area (Å²) in [4.78, 5) is 16.2. The number of nitrogens with two attached hydrogens (primary N) is 1. The Labute approximate surface area is 173 Å². The Kier molecular flexibility index (Phi) is 4.95. The van der Waals surface area contributed by atoms with Gasteiger partial charge in [0.05, 0.1) is 16.5 Å². The topological polar surface area (TPSA) is 73.3 Å². The van der Waals surface area contributed by atoms with Crippen molar-refractivity contribution in [2.45, 2.75) is 12.1 Å². The predicted octanol–water partition coefficient (Wildman–Crippen LogP) is 4.69. The summed E-state index contributed by atoms with van der Waals surface area (Å²) in [5, 5.41) is 3.60. The summed E-state index contributed by atoms with van der Waals surface area (Å²) >= 11 is 5.69. The average Bonchev–Trinajstić information content (AvgIpc) is 3.16. The van der Waals surface area contributed by atoms with Crippen LogP contribution in [0, 0.1) is 0 Å². The maximum atomic E-state index is 13.2. The molecule has 0 aliphatic rings. The normalized spacial score (nSPS) is 12.8. The standard InChI is InChI=1S/C21H14ClF3N4O/c22-17-6-5-15(9-16(17)21(23,24)25)19(20(26)30)13-3-1-12(2-4-13)14-7-8-29-18(10-14)27-11-28-29/h1-11,19H,(H2,26,30). The molecule has 0 spiro atoms. The Balaban J connectivity index is 1.71. The van der Waals surface area contributed by atoms with Gasteiger partial charge >= 0.3 is 6.18 Å². The zero-order chi connectivity index (χ0) is 21.5. The van der Waals surface area contributed by atoms with Crippen LogP contribution in [0.4, 0.5) is 13.2 Å². The van der Waals surface area contributed by atoms with Crippen LogP contribution in [-0.4, -0.2) is 20.5 Å². The summed E-state index contributed by atoms with van der Waals surface area (Å²) in [6.07, 6.45) is -1.43. The van der Waals surface area contributed by atoms with Crippen LogP contribution in [0.2, 0.25) is 5.02 Å². The lowest BCUT2D eigenvalue weighted by molar-refractivity contribution is -0.137. The van der Waals surface area contributed by atoms with Crippen molar-refractivity contribution in [1.29, 1.82) is 0 Å². The second-order valence-electron chi connectivity index (χ2n) is 6.67. The molecule has 30 heavy (non-hydrogen) atoms. The molecule has 0 saturated heterocycles. The monoisotopic (exact) mass is 430 g/mol. The van der Waals surface area contributed by atoms with Crippen molar-refractivity contribution in [1.82, 2.24) is 14.6 Å². The van der Waals surface area contributed by atoms with Gasteiger partial charge in [-0.2, -0.15) is 18.3 Å². The van der Waals surface area contributed by atoms with Gasteiger partial charge in [-0.15, -0.1) is 0 Å². The number of fused-ring (bicyclic) bond motifs is 1. The van der Waals surface area contributed by atoms with E-state index in [2.05, 4.69) is 10.1 Å². The highest BCUT2D eigenvalue weighted by Gasteiger charge is 2.34. The molecular weight excluding hydrogens is 417 g/mol. The van der Waals surface area contributed by atoms with E-state index in [0.717, 1.165) is 23.3 Å². The highest BCUT2D eigenvalue weighted by Crippen LogP contribution is 2.37. The van der Waals surface area contributed by atoms with Crippen molar-refractivity contribution in [3.8, 4) is 11.1 Å². The number of halogens is 4. The van der Waals surface area contributed by atoms with Gasteiger partial charge in [0.2, 0.25) is 5.91 Å². The van der Waals surface area contributed by atoms with Crippen LogP contribution in [0.1, 0.15) is 22.6 Å². The van der Waals surface area contributed by atoms with Crippen LogP contribution >= 0.6 is 11.6 Å². The third-order valence-corrected chi connectivity index (χ3v) is 5.10. The molecule has 2 aromatic heterocycles. The number of amides is 1. The summed E-state index contributed by atoms with van der Waals surface area (Å²) in [7, 11) is 0. The first kappa shape index (κ1) is 19.9. The summed E-state index contributed by atoms with van der Waals surface area (Å²) in [5.74, 6) is -1.81. The van der Waals surface area contributed by atoms with Gasteiger partial charge in [-0.25, -0.2) is 9.50 Å². The zero-order valence-electron chi connectivity index (χ0n) is 15.3. The summed E-state index contributed by atoms with van der Waals surface area (Å²) in [6, 6.07) is 14.0. The van der Waals surface area contributed by atoms with Crippen LogP contribution in [-0.2, 0) is 11.0 Å². The first-order valence-electron chi connectivity index (χ1n) is 8.80. The summed E-state index contributed by atoms with van der Waals surface area (Å²) < 4.78 is 41.3. The number of hydrogen-bond donors (Lipinski definition) is 1. The van der Waals surface area contributed by atoms with Crippen molar-refractivity contribution in [3.05, 3.63) is 88.8 Å². The highest BCUT2D eigenvalue weighted by molar-refractivity contribution is 6.31. The number of carbonyl (C=O) groups is 1. The summed E-state index contributed by atoms with van der Waals surface area (Å²) in [6.45, 7) is 0. The van der Waals surface area contributed by atoms with Crippen molar-refractivity contribution in [2.24, 2.45) is 5.73 Å². The number of aromatic nitrogens is 3. The van der Waals surface area contributed by atoms with E-state index < -0.39 is 28.6 Å². The van der Waals surface area contributed by atoms with Crippen LogP contribution in [0.15, 0.2) is 67.1 Å². The molecule has 4 rings (SSSR count). The Morgan fingerprint density at radius 2 is 1.70 bits per heavy atom. The molecule has 152 valence electrons. The number of pyridine rings is 1. The fourth-order valence-electron chi connectivity index (χ4n) is 3.32. The first-order chi connectivity index (χ1) is 14.2. The predicted molar refractivity (Wildman–Crippen MR) is 106 cm³/mol. The molecule has 0 radical (unpaired) electrons. The fraction of sp³-hybridized carbons (Fsp3) is 0.0952. The molecule has 0 aliphatic heterocycles. The number of benzene rings is 2. The number of nitrogens with zero attached hydrogens (tertiary/aromatic N) is 3. The SMILES string of the molecule is NC(=O)C(c1ccc(-c2ccn3ncnc3c2)cc1)c1ccc(Cl)c(C(F)(F)F)c1. The van der Waals surface area contributed by atoms with Crippen molar-refractivity contribution in [2.75, 3.05) is 0 Å². The van der Waals surface area contributed by atoms with Gasteiger partial charge in [0, 0.05) is 6.20 Å². The van der Waals surface area contributed by atoms with Gasteiger partial charge in [-0.05, 0) is 46.5 Å². The van der Waals surface area contributed by atoms with E-state index in [-0.39, 0.29) is 5.56 Å². The van der Waals surface area contributed by atoms with Gasteiger partial charge in [-0.1, -0.05) is 41.9 Å². The molecular formula is C21H14ClF3N4O. The first-order valence-corrected chi connectivity index (χ1v) is 9.17. The van der Waals surface area contributed by atoms with E-state index in [4.69, 9.17) is 17.3 Å². The molecule has 1 amide bonds. The second kappa shape index (κ2) is 7.46. The molecule has 9 heteroatoms. The van der Waals surface area contributed by atoms with Gasteiger partial charge < -0.3 is 5.73 Å². The van der Waals surface area contributed by atoms with Crippen molar-refractivity contribution in [3.63, 3.8) is 0 Å². The maximum absolute atomic E-state index is 13.2. The molecule has 4 aromatic rings. The minimum atomic E-state index is -4.64. The Morgan fingerprint density at radius 1 is 1.00 bits per heavy atom. The third-order valence-electron chi connectivity index (χ3n) is 4.77. The molecule has 0 bridgehead atoms. The molecule has 2 N–H and O–H groups in total. The van der Waals surface area contributed by atoms with E-state index in [1.54, 1.807) is 35.0 Å². The van der Waals surface area contributed by atoms with Gasteiger partial charge in [-0.3, -0.25) is 4.79 Å². The Morgan fingerprint density at radius 3 is 2.37 bits per heavy atom. The minimum absolute atomic E-state index is 0.122. The zero-order valence-corrected chi connectivity index (χ0v) is 16.0. The largest absolute Gasteiger partial charge is 0.417 e. The Hall–Kier alpha value is -3.39. The number of rotatable bonds is 4. The van der Waals surface area contributed by atoms with E-state index in [1.807, 2.05) is 12.1 Å². The van der Waals surface area contributed by atoms with Gasteiger partial charge in [0.1, 0.15) is 6.33 Å². The summed E-state index contributed by atoms with van der Waals surface area (Å²) in [5.41, 5.74) is 7.52. The minimum Gasteiger partial charge on any atom is -0.369 e. The molecule has 2 heterocycles. The van der Waals surface area contributed by atoms with Gasteiger partial charge in [0.25, 0.3) is 0 Å². The molecule has 2 aromatic carbocycles. The maximum Gasteiger partial charge on any atom is 0.417 e. The molecule has 1 atom stereocenters. The molecule has 0 fully saturated rings. The second-order valence-corrected chi connectivity index (χ2v) is 7.08. The fourth-order valence-corrected chi connectivity index (χ4v) is 3.55. The van der Waals surface area contributed by atoms with Crippen LogP contribution in [0.3, 0.4) is 0 Å². The number of alkyl halides is 3. The Bertz CT molecular complexity index is 1240. The molecule has 0 aliphatic carbocycles. The van der Waals surface area contributed by atoms with Gasteiger partial charge in [0.15, 0.2) is 5.65 Å². The molecule has 0 saturated carbocycles. The van der Waals surface area contributed by atoms with Crippen LogP contribution in [0.5, 0.6) is 0 Å². The number of hydrogen-bond acceptors (Lipinski definition) is 3.